The summed E-state index contributed by atoms with van der Waals surface area (Å²) in [5.41, 5.74) is 2.44. The molecule has 0 aromatic heterocycles. The molecule has 0 aliphatic carbocycles. The molecule has 0 bridgehead atoms. The molecular formula is C19H27BN2O3. The number of urea groups is 1. The first-order valence-electron chi connectivity index (χ1n) is 8.85. The first-order valence-corrected chi connectivity index (χ1v) is 8.85. The number of nitrogens with zero attached hydrogens (tertiary/aromatic N) is 1. The van der Waals surface area contributed by atoms with Crippen molar-refractivity contribution >= 4 is 18.8 Å². The van der Waals surface area contributed by atoms with E-state index in [9.17, 15) is 4.79 Å². The largest absolute Gasteiger partial charge is 0.490 e. The van der Waals surface area contributed by atoms with Gasteiger partial charge in [0.25, 0.3) is 0 Å². The molecule has 2 amide bonds. The molecule has 134 valence electrons. The Bertz CT molecular complexity index is 666. The molecule has 1 saturated heterocycles. The lowest BCUT2D eigenvalue weighted by Gasteiger charge is -2.32. The molecule has 0 saturated carbocycles. The number of carbonyl (C=O) groups excluding carboxylic acids is 1. The Morgan fingerprint density at radius 2 is 1.72 bits per heavy atom. The molecule has 2 aliphatic heterocycles. The van der Waals surface area contributed by atoms with Crippen LogP contribution in [-0.4, -0.2) is 42.3 Å². The van der Waals surface area contributed by atoms with Gasteiger partial charge >= 0.3 is 13.1 Å². The van der Waals surface area contributed by atoms with Crippen molar-refractivity contribution in [2.75, 3.05) is 18.4 Å². The maximum absolute atomic E-state index is 12.4. The highest BCUT2D eigenvalue weighted by Crippen LogP contribution is 2.39. The molecular weight excluding hydrogens is 315 g/mol. The van der Waals surface area contributed by atoms with Crippen molar-refractivity contribution in [3.05, 3.63) is 41.4 Å². The third-order valence-electron chi connectivity index (χ3n) is 5.39. The topological polar surface area (TPSA) is 50.8 Å². The normalized spacial score (nSPS) is 21.9. The van der Waals surface area contributed by atoms with Crippen molar-refractivity contribution in [1.29, 1.82) is 0 Å². The number of benzene rings is 1. The van der Waals surface area contributed by atoms with Crippen LogP contribution >= 0.6 is 0 Å². The number of nitrogens with one attached hydrogen (secondary N) is 1. The second-order valence-corrected chi connectivity index (χ2v) is 7.86. The van der Waals surface area contributed by atoms with Gasteiger partial charge in [-0.15, -0.1) is 0 Å². The number of amides is 2. The molecule has 0 spiro atoms. The van der Waals surface area contributed by atoms with E-state index in [0.29, 0.717) is 13.1 Å². The zero-order valence-corrected chi connectivity index (χ0v) is 15.8. The molecule has 1 aromatic carbocycles. The molecule has 3 rings (SSSR count). The van der Waals surface area contributed by atoms with Gasteiger partial charge in [0.2, 0.25) is 0 Å². The Morgan fingerprint density at radius 3 is 2.24 bits per heavy atom. The van der Waals surface area contributed by atoms with Crippen LogP contribution < -0.4 is 5.32 Å². The second kappa shape index (κ2) is 6.50. The van der Waals surface area contributed by atoms with Gasteiger partial charge in [0, 0.05) is 18.8 Å². The Hall–Kier alpha value is -1.79. The van der Waals surface area contributed by atoms with Crippen LogP contribution in [0.4, 0.5) is 10.5 Å². The third kappa shape index (κ3) is 3.75. The Kier molecular flexibility index (Phi) is 4.69. The van der Waals surface area contributed by atoms with Gasteiger partial charge in [-0.2, -0.15) is 0 Å². The van der Waals surface area contributed by atoms with Gasteiger partial charge in [0.05, 0.1) is 11.2 Å². The Morgan fingerprint density at radius 1 is 1.12 bits per heavy atom. The van der Waals surface area contributed by atoms with E-state index in [1.54, 1.807) is 4.90 Å². The van der Waals surface area contributed by atoms with Crippen molar-refractivity contribution < 1.29 is 14.1 Å². The summed E-state index contributed by atoms with van der Waals surface area (Å²) >= 11 is 0. The standard InChI is InChI=1S/C19H27BN2O3/c1-14-6-8-16(9-7-14)21-17(23)22-12-10-15(11-13-22)20-24-18(2,3)19(4,5)25-20/h6-10H,11-13H2,1-5H3,(H,21,23). The van der Waals surface area contributed by atoms with Crippen LogP contribution in [0.3, 0.4) is 0 Å². The minimum atomic E-state index is -0.335. The molecule has 2 aliphatic rings. The molecule has 0 radical (unpaired) electrons. The van der Waals surface area contributed by atoms with Crippen molar-refractivity contribution in [3.63, 3.8) is 0 Å². The summed E-state index contributed by atoms with van der Waals surface area (Å²) in [5, 5.41) is 2.94. The van der Waals surface area contributed by atoms with Crippen molar-refractivity contribution in [3.8, 4) is 0 Å². The lowest BCUT2D eigenvalue weighted by atomic mass is 9.75. The summed E-state index contributed by atoms with van der Waals surface area (Å²) in [4.78, 5) is 14.2. The number of anilines is 1. The first kappa shape index (κ1) is 18.0. The van der Waals surface area contributed by atoms with E-state index in [0.717, 1.165) is 17.6 Å². The SMILES string of the molecule is Cc1ccc(NC(=O)N2CC=C(B3OC(C)(C)C(C)(C)O3)CC2)cc1. The van der Waals surface area contributed by atoms with Gasteiger partial charge in [-0.3, -0.25) is 0 Å². The van der Waals surface area contributed by atoms with Gasteiger partial charge in [-0.05, 0) is 58.6 Å². The summed E-state index contributed by atoms with van der Waals surface area (Å²) < 4.78 is 12.2. The summed E-state index contributed by atoms with van der Waals surface area (Å²) in [6, 6.07) is 7.74. The van der Waals surface area contributed by atoms with Crippen molar-refractivity contribution in [2.45, 2.75) is 52.2 Å². The minimum Gasteiger partial charge on any atom is -0.400 e. The van der Waals surface area contributed by atoms with E-state index < -0.39 is 0 Å². The number of aryl methyl sites for hydroxylation is 1. The summed E-state index contributed by atoms with van der Waals surface area (Å²) in [5.74, 6) is 0. The fourth-order valence-corrected chi connectivity index (χ4v) is 2.92. The zero-order valence-electron chi connectivity index (χ0n) is 15.8. The fraction of sp³-hybridized carbons (Fsp3) is 0.526. The van der Waals surface area contributed by atoms with E-state index in [1.807, 2.05) is 31.2 Å². The number of rotatable bonds is 2. The predicted molar refractivity (Wildman–Crippen MR) is 101 cm³/mol. The first-order chi connectivity index (χ1) is 11.7. The molecule has 6 heteroatoms. The summed E-state index contributed by atoms with van der Waals surface area (Å²) in [6.07, 6.45) is 2.82. The number of hydrogen-bond acceptors (Lipinski definition) is 3. The molecule has 0 atom stereocenters. The van der Waals surface area contributed by atoms with Crippen LogP contribution in [0.2, 0.25) is 0 Å². The van der Waals surface area contributed by atoms with E-state index in [4.69, 9.17) is 9.31 Å². The number of hydrogen-bond donors (Lipinski definition) is 1. The fourth-order valence-electron chi connectivity index (χ4n) is 2.92. The van der Waals surface area contributed by atoms with Crippen LogP contribution in [0.5, 0.6) is 0 Å². The summed E-state index contributed by atoms with van der Waals surface area (Å²) in [6.45, 7) is 11.5. The highest BCUT2D eigenvalue weighted by Gasteiger charge is 2.52. The molecule has 1 fully saturated rings. The van der Waals surface area contributed by atoms with Gasteiger partial charge in [-0.25, -0.2) is 4.79 Å². The lowest BCUT2D eigenvalue weighted by Crippen LogP contribution is -2.41. The Balaban J connectivity index is 1.59. The average Bonchev–Trinajstić information content (AvgIpc) is 2.78. The average molecular weight is 342 g/mol. The van der Waals surface area contributed by atoms with Crippen LogP contribution in [0.1, 0.15) is 39.7 Å². The van der Waals surface area contributed by atoms with E-state index in [-0.39, 0.29) is 24.4 Å². The van der Waals surface area contributed by atoms with Gasteiger partial charge in [0.1, 0.15) is 0 Å². The summed E-state index contributed by atoms with van der Waals surface area (Å²) in [7, 11) is -0.313. The monoisotopic (exact) mass is 342 g/mol. The van der Waals surface area contributed by atoms with Gasteiger partial charge in [-0.1, -0.05) is 23.8 Å². The molecule has 0 unspecified atom stereocenters. The van der Waals surface area contributed by atoms with E-state index in [2.05, 4.69) is 39.1 Å². The van der Waals surface area contributed by atoms with Crippen LogP contribution in [-0.2, 0) is 9.31 Å². The molecule has 1 aromatic rings. The molecule has 5 nitrogen and oxygen atoms in total. The van der Waals surface area contributed by atoms with Crippen LogP contribution in [0.25, 0.3) is 0 Å². The lowest BCUT2D eigenvalue weighted by molar-refractivity contribution is 0.00578. The van der Waals surface area contributed by atoms with Crippen LogP contribution in [0.15, 0.2) is 35.8 Å². The van der Waals surface area contributed by atoms with Crippen molar-refractivity contribution in [1.82, 2.24) is 4.90 Å². The third-order valence-corrected chi connectivity index (χ3v) is 5.39. The van der Waals surface area contributed by atoms with Gasteiger partial charge in [0.15, 0.2) is 0 Å². The predicted octanol–water partition coefficient (Wildman–Crippen LogP) is 3.79. The number of carbonyl (C=O) groups is 1. The quantitative estimate of drug-likeness (QED) is 0.832. The highest BCUT2D eigenvalue weighted by atomic mass is 16.7. The van der Waals surface area contributed by atoms with E-state index >= 15 is 0 Å². The highest BCUT2D eigenvalue weighted by molar-refractivity contribution is 6.54. The van der Waals surface area contributed by atoms with Gasteiger partial charge < -0.3 is 19.5 Å². The van der Waals surface area contributed by atoms with Crippen molar-refractivity contribution in [2.24, 2.45) is 0 Å². The minimum absolute atomic E-state index is 0.0759. The molecule has 25 heavy (non-hydrogen) atoms. The van der Waals surface area contributed by atoms with E-state index in [1.165, 1.54) is 5.56 Å². The maximum atomic E-state index is 12.4. The Labute approximate surface area is 150 Å². The smallest absolute Gasteiger partial charge is 0.400 e. The molecule has 2 heterocycles. The maximum Gasteiger partial charge on any atom is 0.490 e. The van der Waals surface area contributed by atoms with Crippen LogP contribution in [0, 0.1) is 6.92 Å². The second-order valence-electron chi connectivity index (χ2n) is 7.86. The molecule has 1 N–H and O–H groups in total. The zero-order chi connectivity index (χ0) is 18.2.